The summed E-state index contributed by atoms with van der Waals surface area (Å²) < 4.78 is 41.4. The van der Waals surface area contributed by atoms with E-state index in [1.54, 1.807) is 19.1 Å². The van der Waals surface area contributed by atoms with Crippen LogP contribution in [0.4, 0.5) is 13.2 Å². The van der Waals surface area contributed by atoms with Gasteiger partial charge in [-0.2, -0.15) is 13.2 Å². The second kappa shape index (κ2) is 10.9. The van der Waals surface area contributed by atoms with E-state index in [9.17, 15) is 18.0 Å². The Balaban J connectivity index is 1.38. The van der Waals surface area contributed by atoms with Crippen LogP contribution in [0, 0.1) is 25.0 Å². The molecule has 2 N–H and O–H groups in total. The molecule has 2 aromatic carbocycles. The molecule has 8 heteroatoms. The molecule has 2 fully saturated rings. The van der Waals surface area contributed by atoms with Crippen LogP contribution >= 0.6 is 0 Å². The Morgan fingerprint density at radius 1 is 1.17 bits per heavy atom. The number of amides is 1. The van der Waals surface area contributed by atoms with Crippen molar-refractivity contribution in [2.75, 3.05) is 13.1 Å². The summed E-state index contributed by atoms with van der Waals surface area (Å²) in [7, 11) is 0. The number of nitrogens with zero attached hydrogens (tertiary/aromatic N) is 2. The number of likely N-dealkylation sites (tertiary alicyclic amines) is 1. The molecular formula is C28H32F3N3O2. The van der Waals surface area contributed by atoms with Gasteiger partial charge in [0.15, 0.2) is 0 Å². The van der Waals surface area contributed by atoms with Crippen LogP contribution in [-0.2, 0) is 29.0 Å². The first kappa shape index (κ1) is 26.0. The smallest absolute Gasteiger partial charge is 0.391 e. The van der Waals surface area contributed by atoms with Crippen molar-refractivity contribution in [3.8, 4) is 0 Å². The van der Waals surface area contributed by atoms with Crippen molar-refractivity contribution >= 4 is 11.6 Å². The number of oxime groups is 1. The standard InChI is InChI=1S/C28H32F3N3O2/c1-18-12-22(9-10-23(18)14-34-15-24(16-34)27(32)35)19(2)33-36-17-20-8-11-25(21-6-4-3-5-7-21)26(13-20)28(29,30)31/h8,11-13,21,24H,3-7,14-17H2,1-2H3,(H2,32,35)/b33-19+. The lowest BCUT2D eigenvalue weighted by Gasteiger charge is -2.37. The monoisotopic (exact) mass is 499 g/mol. The molecule has 1 heterocycles. The summed E-state index contributed by atoms with van der Waals surface area (Å²) in [5.41, 5.74) is 8.85. The highest BCUT2D eigenvalue weighted by atomic mass is 19.4. The van der Waals surface area contributed by atoms with E-state index in [0.29, 0.717) is 42.0 Å². The highest BCUT2D eigenvalue weighted by Crippen LogP contribution is 2.41. The average molecular weight is 500 g/mol. The number of primary amides is 1. The number of nitrogens with two attached hydrogens (primary N) is 1. The molecule has 0 atom stereocenters. The molecule has 4 rings (SSSR count). The van der Waals surface area contributed by atoms with E-state index in [2.05, 4.69) is 22.2 Å². The Bertz CT molecular complexity index is 1120. The summed E-state index contributed by atoms with van der Waals surface area (Å²) in [6.07, 6.45) is 0.255. The number of hydrogen-bond acceptors (Lipinski definition) is 4. The summed E-state index contributed by atoms with van der Waals surface area (Å²) in [6.45, 7) is 5.64. The molecule has 192 valence electrons. The van der Waals surface area contributed by atoms with Gasteiger partial charge >= 0.3 is 6.18 Å². The summed E-state index contributed by atoms with van der Waals surface area (Å²) in [6, 6.07) is 12.7. The molecule has 1 saturated carbocycles. The van der Waals surface area contributed by atoms with Crippen molar-refractivity contribution in [3.05, 3.63) is 69.8 Å². The van der Waals surface area contributed by atoms with Crippen LogP contribution in [0.25, 0.3) is 0 Å². The fraction of sp³-hybridized carbons (Fsp3) is 0.500. The summed E-state index contributed by atoms with van der Waals surface area (Å²) in [5.74, 6) is -0.388. The van der Waals surface area contributed by atoms with Crippen LogP contribution < -0.4 is 5.73 Å². The Morgan fingerprint density at radius 2 is 1.89 bits per heavy atom. The molecule has 1 amide bonds. The number of rotatable bonds is 8. The van der Waals surface area contributed by atoms with E-state index in [1.165, 1.54) is 6.07 Å². The lowest BCUT2D eigenvalue weighted by Crippen LogP contribution is -2.51. The lowest BCUT2D eigenvalue weighted by molar-refractivity contribution is -0.138. The second-order valence-corrected chi connectivity index (χ2v) is 9.97. The molecular weight excluding hydrogens is 467 g/mol. The first-order valence-corrected chi connectivity index (χ1v) is 12.4. The Morgan fingerprint density at radius 3 is 2.53 bits per heavy atom. The minimum Gasteiger partial charge on any atom is -0.391 e. The molecule has 0 radical (unpaired) electrons. The van der Waals surface area contributed by atoms with Crippen molar-refractivity contribution in [3.63, 3.8) is 0 Å². The van der Waals surface area contributed by atoms with Crippen molar-refractivity contribution in [2.45, 2.75) is 71.2 Å². The van der Waals surface area contributed by atoms with Gasteiger partial charge in [0.05, 0.1) is 17.2 Å². The van der Waals surface area contributed by atoms with Crippen LogP contribution in [0.1, 0.15) is 78.3 Å². The maximum absolute atomic E-state index is 13.8. The van der Waals surface area contributed by atoms with Gasteiger partial charge in [0.1, 0.15) is 6.61 Å². The van der Waals surface area contributed by atoms with E-state index in [0.717, 1.165) is 43.2 Å². The number of hydrogen-bond donors (Lipinski definition) is 1. The van der Waals surface area contributed by atoms with Gasteiger partial charge in [-0.15, -0.1) is 0 Å². The average Bonchev–Trinajstić information content (AvgIpc) is 2.81. The molecule has 2 aliphatic rings. The van der Waals surface area contributed by atoms with Gasteiger partial charge in [0, 0.05) is 30.8 Å². The number of alkyl halides is 3. The maximum Gasteiger partial charge on any atom is 0.416 e. The van der Waals surface area contributed by atoms with Crippen LogP contribution in [0.3, 0.4) is 0 Å². The van der Waals surface area contributed by atoms with Crippen LogP contribution in [0.2, 0.25) is 0 Å². The maximum atomic E-state index is 13.8. The summed E-state index contributed by atoms with van der Waals surface area (Å²) in [5, 5.41) is 4.10. The van der Waals surface area contributed by atoms with Gasteiger partial charge in [-0.05, 0) is 61.4 Å². The fourth-order valence-electron chi connectivity index (χ4n) is 5.00. The molecule has 1 aliphatic heterocycles. The van der Waals surface area contributed by atoms with E-state index >= 15 is 0 Å². The van der Waals surface area contributed by atoms with Gasteiger partial charge in [-0.1, -0.05) is 48.7 Å². The van der Waals surface area contributed by atoms with Gasteiger partial charge in [0.2, 0.25) is 5.91 Å². The predicted molar refractivity (Wildman–Crippen MR) is 131 cm³/mol. The number of carbonyl (C=O) groups is 1. The van der Waals surface area contributed by atoms with Gasteiger partial charge in [-0.25, -0.2) is 0 Å². The fourth-order valence-corrected chi connectivity index (χ4v) is 5.00. The molecule has 1 aliphatic carbocycles. The minimum absolute atomic E-state index is 0.0331. The highest BCUT2D eigenvalue weighted by molar-refractivity contribution is 5.97. The van der Waals surface area contributed by atoms with E-state index in [1.807, 2.05) is 13.0 Å². The molecule has 1 saturated heterocycles. The molecule has 36 heavy (non-hydrogen) atoms. The number of halogens is 3. The van der Waals surface area contributed by atoms with Crippen LogP contribution in [0.15, 0.2) is 29.4 Å². The SMILES string of the molecule is C/C(=N\OCc1ccc(C2CCCCC2)c(C(F)(F)F)c1)c1c#cc(CN2CC(C(N)=O)C2)c(C)c1. The topological polar surface area (TPSA) is 67.9 Å². The van der Waals surface area contributed by atoms with Crippen molar-refractivity contribution in [1.82, 2.24) is 4.90 Å². The Hall–Kier alpha value is -3.05. The minimum atomic E-state index is -4.40. The van der Waals surface area contributed by atoms with Gasteiger partial charge in [-0.3, -0.25) is 9.69 Å². The van der Waals surface area contributed by atoms with Crippen LogP contribution in [0.5, 0.6) is 0 Å². The molecule has 0 unspecified atom stereocenters. The first-order valence-electron chi connectivity index (χ1n) is 12.4. The predicted octanol–water partition coefficient (Wildman–Crippen LogP) is 5.52. The van der Waals surface area contributed by atoms with Crippen molar-refractivity contribution < 1.29 is 22.8 Å². The van der Waals surface area contributed by atoms with Crippen molar-refractivity contribution in [2.24, 2.45) is 16.8 Å². The molecule has 0 spiro atoms. The second-order valence-electron chi connectivity index (χ2n) is 9.97. The highest BCUT2D eigenvalue weighted by Gasteiger charge is 2.36. The normalized spacial score (nSPS) is 18.0. The quantitative estimate of drug-likeness (QED) is 0.384. The van der Waals surface area contributed by atoms with Gasteiger partial charge < -0.3 is 10.6 Å². The van der Waals surface area contributed by atoms with E-state index < -0.39 is 11.7 Å². The Labute approximate surface area is 210 Å². The van der Waals surface area contributed by atoms with E-state index in [4.69, 9.17) is 10.6 Å². The third-order valence-electron chi connectivity index (χ3n) is 7.22. The summed E-state index contributed by atoms with van der Waals surface area (Å²) in [4.78, 5) is 18.7. The summed E-state index contributed by atoms with van der Waals surface area (Å²) >= 11 is 0. The molecule has 5 nitrogen and oxygen atoms in total. The van der Waals surface area contributed by atoms with E-state index in [-0.39, 0.29) is 24.3 Å². The number of aryl methyl sites for hydroxylation is 1. The zero-order chi connectivity index (χ0) is 25.9. The third kappa shape index (κ3) is 6.19. The molecule has 2 aromatic rings. The molecule has 0 bridgehead atoms. The first-order chi connectivity index (χ1) is 17.1. The number of carbonyl (C=O) groups excluding carboxylic acids is 1. The molecule has 0 aromatic heterocycles. The number of benzene rings is 1. The zero-order valence-corrected chi connectivity index (χ0v) is 20.8. The zero-order valence-electron chi connectivity index (χ0n) is 20.8. The largest absolute Gasteiger partial charge is 0.416 e. The lowest BCUT2D eigenvalue weighted by atomic mass is 9.81. The van der Waals surface area contributed by atoms with Crippen LogP contribution in [-0.4, -0.2) is 29.6 Å². The third-order valence-corrected chi connectivity index (χ3v) is 7.22. The van der Waals surface area contributed by atoms with Gasteiger partial charge in [0.25, 0.3) is 0 Å². The van der Waals surface area contributed by atoms with Crippen molar-refractivity contribution in [1.29, 1.82) is 0 Å². The Kier molecular flexibility index (Phi) is 7.89.